The highest BCUT2D eigenvalue weighted by Gasteiger charge is 2.29. The van der Waals surface area contributed by atoms with Gasteiger partial charge in [0.05, 0.1) is 0 Å². The second kappa shape index (κ2) is 8.98. The molecule has 146 valence electrons. The number of anilines is 1. The third kappa shape index (κ3) is 4.88. The number of benzene rings is 1. The van der Waals surface area contributed by atoms with Gasteiger partial charge in [0.15, 0.2) is 7.28 Å². The van der Waals surface area contributed by atoms with Crippen molar-refractivity contribution in [3.05, 3.63) is 29.6 Å². The van der Waals surface area contributed by atoms with Crippen LogP contribution in [0.1, 0.15) is 51.4 Å². The molecule has 0 unspecified atom stereocenters. The molecule has 2 fully saturated rings. The van der Waals surface area contributed by atoms with Crippen LogP contribution < -0.4 is 4.90 Å². The Morgan fingerprint density at radius 3 is 2.37 bits per heavy atom. The smallest absolute Gasteiger partial charge is 0.177 e. The number of hydrogen-bond acceptors (Lipinski definition) is 4. The summed E-state index contributed by atoms with van der Waals surface area (Å²) >= 11 is 1.83. The zero-order valence-electron chi connectivity index (χ0n) is 16.5. The summed E-state index contributed by atoms with van der Waals surface area (Å²) in [5.74, 6) is 0. The van der Waals surface area contributed by atoms with E-state index in [1.54, 1.807) is 0 Å². The van der Waals surface area contributed by atoms with Crippen molar-refractivity contribution in [2.45, 2.75) is 56.9 Å². The largest absolute Gasteiger partial charge is 0.399 e. The maximum atomic E-state index is 11.1. The standard InChI is InChI=1S/C22H33BN2OS/c26-22(11-5-3-1-2-4-6-12-22)23-18-24-13-15-25(16-14-24)20-8-7-9-21-19(20)10-17-27-21/h7-10,17,23,26H,1-6,11-16,18H2. The van der Waals surface area contributed by atoms with Gasteiger partial charge in [0.25, 0.3) is 0 Å². The molecular weight excluding hydrogens is 351 g/mol. The number of fused-ring (bicyclic) bond motifs is 1. The fraction of sp³-hybridized carbons (Fsp3) is 0.636. The van der Waals surface area contributed by atoms with Crippen LogP contribution in [0.15, 0.2) is 29.6 Å². The van der Waals surface area contributed by atoms with E-state index in [-0.39, 0.29) is 0 Å². The first-order valence-corrected chi connectivity index (χ1v) is 11.8. The fourth-order valence-corrected chi connectivity index (χ4v) is 5.63. The van der Waals surface area contributed by atoms with E-state index in [0.29, 0.717) is 0 Å². The van der Waals surface area contributed by atoms with Gasteiger partial charge in [-0.2, -0.15) is 0 Å². The average Bonchev–Trinajstić information content (AvgIpc) is 3.20. The van der Waals surface area contributed by atoms with E-state index in [1.165, 1.54) is 54.3 Å². The summed E-state index contributed by atoms with van der Waals surface area (Å²) in [6, 6.07) is 8.93. The number of rotatable bonds is 4. The van der Waals surface area contributed by atoms with Crippen molar-refractivity contribution in [2.75, 3.05) is 37.5 Å². The minimum absolute atomic E-state index is 0.413. The maximum Gasteiger partial charge on any atom is 0.177 e. The Bertz CT molecular complexity index is 716. The predicted octanol–water partition coefficient (Wildman–Crippen LogP) is 4.24. The van der Waals surface area contributed by atoms with Crippen LogP contribution in [0.25, 0.3) is 10.1 Å². The topological polar surface area (TPSA) is 26.7 Å². The number of hydrogen-bond donors (Lipinski definition) is 1. The van der Waals surface area contributed by atoms with E-state index >= 15 is 0 Å². The highest BCUT2D eigenvalue weighted by atomic mass is 32.1. The van der Waals surface area contributed by atoms with Gasteiger partial charge in [-0.3, -0.25) is 0 Å². The average molecular weight is 384 g/mol. The van der Waals surface area contributed by atoms with E-state index in [0.717, 1.165) is 52.7 Å². The van der Waals surface area contributed by atoms with Crippen LogP contribution in [0.2, 0.25) is 0 Å². The Kier molecular flexibility index (Phi) is 6.41. The van der Waals surface area contributed by atoms with Crippen LogP contribution in [0.4, 0.5) is 5.69 Å². The molecule has 2 aromatic rings. The predicted molar refractivity (Wildman–Crippen MR) is 120 cm³/mol. The molecule has 5 heteroatoms. The lowest BCUT2D eigenvalue weighted by molar-refractivity contribution is 0.0972. The summed E-state index contributed by atoms with van der Waals surface area (Å²) in [5, 5.41) is 14.7. The number of thiophene rings is 1. The van der Waals surface area contributed by atoms with Crippen molar-refractivity contribution in [1.29, 1.82) is 0 Å². The van der Waals surface area contributed by atoms with Crippen molar-refractivity contribution in [1.82, 2.24) is 4.90 Å². The van der Waals surface area contributed by atoms with Gasteiger partial charge in [0.2, 0.25) is 0 Å². The molecule has 1 N–H and O–H groups in total. The Hall–Kier alpha value is -1.04. The van der Waals surface area contributed by atoms with Gasteiger partial charge >= 0.3 is 0 Å². The SMILES string of the molecule is OC1(BCN2CCN(c3cccc4sccc34)CC2)CCCCCCCC1. The first kappa shape index (κ1) is 19.3. The van der Waals surface area contributed by atoms with E-state index < -0.39 is 5.50 Å². The molecule has 1 saturated heterocycles. The van der Waals surface area contributed by atoms with Gasteiger partial charge in [-0.15, -0.1) is 11.3 Å². The summed E-state index contributed by atoms with van der Waals surface area (Å²) < 4.78 is 1.39. The molecule has 1 aliphatic heterocycles. The highest BCUT2D eigenvalue weighted by molar-refractivity contribution is 7.17. The third-order valence-electron chi connectivity index (χ3n) is 6.61. The molecule has 1 aromatic heterocycles. The molecule has 0 atom stereocenters. The Morgan fingerprint density at radius 2 is 1.63 bits per heavy atom. The molecule has 0 amide bonds. The second-order valence-corrected chi connectivity index (χ2v) is 9.48. The lowest BCUT2D eigenvalue weighted by Crippen LogP contribution is -2.50. The monoisotopic (exact) mass is 384 g/mol. The van der Waals surface area contributed by atoms with Gasteiger partial charge in [0, 0.05) is 47.5 Å². The van der Waals surface area contributed by atoms with Gasteiger partial charge < -0.3 is 14.9 Å². The van der Waals surface area contributed by atoms with E-state index in [2.05, 4.69) is 39.4 Å². The molecular formula is C22H33BN2OS. The Balaban J connectivity index is 1.29. The van der Waals surface area contributed by atoms with Crippen molar-refractivity contribution < 1.29 is 5.11 Å². The van der Waals surface area contributed by atoms with E-state index in [9.17, 15) is 5.11 Å². The second-order valence-electron chi connectivity index (χ2n) is 8.53. The summed E-state index contributed by atoms with van der Waals surface area (Å²) in [7, 11) is 0.952. The lowest BCUT2D eigenvalue weighted by atomic mass is 9.56. The first-order valence-electron chi connectivity index (χ1n) is 10.9. The normalized spacial score (nSPS) is 22.2. The van der Waals surface area contributed by atoms with Gasteiger partial charge in [0.1, 0.15) is 0 Å². The van der Waals surface area contributed by atoms with Crippen molar-refractivity contribution in [3.63, 3.8) is 0 Å². The molecule has 1 aromatic carbocycles. The summed E-state index contributed by atoms with van der Waals surface area (Å²) in [4.78, 5) is 5.11. The van der Waals surface area contributed by atoms with Crippen LogP contribution >= 0.6 is 11.3 Å². The molecule has 4 rings (SSSR count). The van der Waals surface area contributed by atoms with E-state index in [1.807, 2.05) is 11.3 Å². The van der Waals surface area contributed by atoms with Crippen molar-refractivity contribution in [2.24, 2.45) is 0 Å². The van der Waals surface area contributed by atoms with Crippen LogP contribution in [0.5, 0.6) is 0 Å². The first-order chi connectivity index (χ1) is 13.2. The summed E-state index contributed by atoms with van der Waals surface area (Å²) in [5.41, 5.74) is 0.979. The number of piperazine rings is 1. The minimum atomic E-state index is -0.413. The summed E-state index contributed by atoms with van der Waals surface area (Å²) in [6.45, 7) is 4.40. The molecule has 1 saturated carbocycles. The highest BCUT2D eigenvalue weighted by Crippen LogP contribution is 2.31. The van der Waals surface area contributed by atoms with Crippen LogP contribution in [-0.2, 0) is 0 Å². The van der Waals surface area contributed by atoms with Gasteiger partial charge in [-0.05, 0) is 42.9 Å². The molecule has 1 aliphatic carbocycles. The molecule has 0 radical (unpaired) electrons. The quantitative estimate of drug-likeness (QED) is 0.799. The third-order valence-corrected chi connectivity index (χ3v) is 7.50. The molecule has 3 nitrogen and oxygen atoms in total. The molecule has 2 aliphatic rings. The molecule has 0 spiro atoms. The van der Waals surface area contributed by atoms with Crippen LogP contribution in [-0.4, -0.2) is 55.4 Å². The van der Waals surface area contributed by atoms with Crippen molar-refractivity contribution in [3.8, 4) is 0 Å². The molecule has 2 heterocycles. The Morgan fingerprint density at radius 1 is 0.926 bits per heavy atom. The van der Waals surface area contributed by atoms with E-state index in [4.69, 9.17) is 0 Å². The van der Waals surface area contributed by atoms with Crippen LogP contribution in [0, 0.1) is 0 Å². The molecule has 27 heavy (non-hydrogen) atoms. The summed E-state index contributed by atoms with van der Waals surface area (Å²) in [6.07, 6.45) is 10.8. The minimum Gasteiger partial charge on any atom is -0.399 e. The zero-order chi connectivity index (χ0) is 18.5. The number of aliphatic hydroxyl groups is 1. The number of nitrogens with zero attached hydrogens (tertiary/aromatic N) is 2. The Labute approximate surface area is 168 Å². The van der Waals surface area contributed by atoms with Gasteiger partial charge in [-0.25, -0.2) is 0 Å². The maximum absolute atomic E-state index is 11.1. The van der Waals surface area contributed by atoms with Gasteiger partial charge in [-0.1, -0.05) is 44.6 Å². The fourth-order valence-electron chi connectivity index (χ4n) is 4.82. The zero-order valence-corrected chi connectivity index (χ0v) is 17.4. The lowest BCUT2D eigenvalue weighted by Gasteiger charge is -2.38. The van der Waals surface area contributed by atoms with Crippen LogP contribution in [0.3, 0.4) is 0 Å². The van der Waals surface area contributed by atoms with Crippen molar-refractivity contribution >= 4 is 34.4 Å². The molecule has 0 bridgehead atoms.